The highest BCUT2D eigenvalue weighted by Crippen LogP contribution is 2.66. The number of rotatable bonds is 1. The summed E-state index contributed by atoms with van der Waals surface area (Å²) in [5.74, 6) is -1.48. The Kier molecular flexibility index (Phi) is 3.49. The summed E-state index contributed by atoms with van der Waals surface area (Å²) in [4.78, 5) is 28.7. The predicted octanol–water partition coefficient (Wildman–Crippen LogP) is 5.24. The van der Waals surface area contributed by atoms with Gasteiger partial charge in [0.25, 0.3) is 0 Å². The quantitative estimate of drug-likeness (QED) is 0.365. The molecule has 0 aromatic heterocycles. The van der Waals surface area contributed by atoms with Gasteiger partial charge in [0.15, 0.2) is 0 Å². The number of amides is 2. The van der Waals surface area contributed by atoms with Crippen LogP contribution in [0.1, 0.15) is 28.2 Å². The third kappa shape index (κ3) is 1.99. The Morgan fingerprint density at radius 1 is 0.793 bits per heavy atom. The second-order valence-electron chi connectivity index (χ2n) is 7.83. The van der Waals surface area contributed by atoms with Crippen LogP contribution < -0.4 is 4.90 Å². The lowest BCUT2D eigenvalue weighted by atomic mass is 9.55. The molecule has 2 atom stereocenters. The number of carbonyl (C=O) groups is 2. The number of imide groups is 1. The molecule has 29 heavy (non-hydrogen) atoms. The SMILES string of the molecule is O=C1[C@H]2C3c4ccccc4C(Br)(c4ccccc43)[C@H]2C(=O)N1c1ccccc1Cl. The van der Waals surface area contributed by atoms with Gasteiger partial charge in [0.1, 0.15) is 0 Å². The van der Waals surface area contributed by atoms with E-state index in [1.165, 1.54) is 4.90 Å². The number of halogens is 2. The molecule has 3 aliphatic carbocycles. The van der Waals surface area contributed by atoms with E-state index in [2.05, 4.69) is 40.2 Å². The molecule has 0 saturated carbocycles. The van der Waals surface area contributed by atoms with Gasteiger partial charge in [-0.05, 0) is 34.4 Å². The Morgan fingerprint density at radius 3 is 1.97 bits per heavy atom. The first kappa shape index (κ1) is 17.4. The van der Waals surface area contributed by atoms with Crippen molar-refractivity contribution in [1.29, 1.82) is 0 Å². The first-order valence-electron chi connectivity index (χ1n) is 9.55. The molecule has 1 fully saturated rings. The van der Waals surface area contributed by atoms with Crippen LogP contribution in [0, 0.1) is 11.8 Å². The molecular weight excluding hydrogens is 450 g/mol. The van der Waals surface area contributed by atoms with Crippen LogP contribution in [0.5, 0.6) is 0 Å². The summed E-state index contributed by atoms with van der Waals surface area (Å²) in [6, 6.07) is 23.3. The average Bonchev–Trinajstić information content (AvgIpc) is 3.01. The number of hydrogen-bond acceptors (Lipinski definition) is 2. The minimum atomic E-state index is -0.734. The van der Waals surface area contributed by atoms with Crippen molar-refractivity contribution in [2.24, 2.45) is 11.8 Å². The summed E-state index contributed by atoms with van der Waals surface area (Å²) in [7, 11) is 0. The van der Waals surface area contributed by atoms with Crippen molar-refractivity contribution in [3.05, 3.63) is 100 Å². The third-order valence-corrected chi connectivity index (χ3v) is 8.27. The predicted molar refractivity (Wildman–Crippen MR) is 115 cm³/mol. The van der Waals surface area contributed by atoms with Gasteiger partial charge < -0.3 is 0 Å². The van der Waals surface area contributed by atoms with Crippen LogP contribution >= 0.6 is 27.5 Å². The fourth-order valence-corrected chi connectivity index (χ4v) is 6.97. The molecule has 3 nitrogen and oxygen atoms in total. The fourth-order valence-electron chi connectivity index (χ4n) is 5.55. The van der Waals surface area contributed by atoms with E-state index in [1.807, 2.05) is 24.3 Å². The molecule has 0 spiro atoms. The second-order valence-corrected chi connectivity index (χ2v) is 9.49. The number of benzene rings is 3. The number of carbonyl (C=O) groups excluding carboxylic acids is 2. The van der Waals surface area contributed by atoms with Gasteiger partial charge in [0.2, 0.25) is 11.8 Å². The normalized spacial score (nSPS) is 28.9. The molecule has 2 bridgehead atoms. The van der Waals surface area contributed by atoms with Crippen LogP contribution in [0.4, 0.5) is 5.69 Å². The van der Waals surface area contributed by atoms with E-state index in [0.29, 0.717) is 10.7 Å². The Labute approximate surface area is 181 Å². The second kappa shape index (κ2) is 5.80. The molecule has 7 rings (SSSR count). The summed E-state index contributed by atoms with van der Waals surface area (Å²) in [5.41, 5.74) is 4.85. The summed E-state index contributed by atoms with van der Waals surface area (Å²) >= 11 is 10.4. The lowest BCUT2D eigenvalue weighted by Crippen LogP contribution is -2.50. The highest BCUT2D eigenvalue weighted by Gasteiger charge is 2.67. The minimum Gasteiger partial charge on any atom is -0.274 e. The molecule has 1 saturated heterocycles. The first-order valence-corrected chi connectivity index (χ1v) is 10.7. The highest BCUT2D eigenvalue weighted by molar-refractivity contribution is 9.09. The number of para-hydroxylation sites is 1. The van der Waals surface area contributed by atoms with E-state index in [4.69, 9.17) is 11.6 Å². The Hall–Kier alpha value is -2.43. The van der Waals surface area contributed by atoms with E-state index < -0.39 is 16.2 Å². The maximum atomic E-state index is 13.7. The molecule has 4 aliphatic rings. The topological polar surface area (TPSA) is 37.4 Å². The van der Waals surface area contributed by atoms with Gasteiger partial charge in [-0.25, -0.2) is 4.90 Å². The van der Waals surface area contributed by atoms with Gasteiger partial charge in [-0.1, -0.05) is 88.2 Å². The van der Waals surface area contributed by atoms with E-state index in [0.717, 1.165) is 22.3 Å². The smallest absolute Gasteiger partial charge is 0.239 e. The number of hydrogen-bond donors (Lipinski definition) is 0. The monoisotopic (exact) mass is 463 g/mol. The van der Waals surface area contributed by atoms with Crippen LogP contribution in [0.15, 0.2) is 72.8 Å². The summed E-state index contributed by atoms with van der Waals surface area (Å²) in [6.07, 6.45) is 0. The van der Waals surface area contributed by atoms with Crippen molar-refractivity contribution in [1.82, 2.24) is 0 Å². The van der Waals surface area contributed by atoms with Crippen molar-refractivity contribution >= 4 is 45.0 Å². The van der Waals surface area contributed by atoms with Crippen LogP contribution in [-0.2, 0) is 13.9 Å². The Morgan fingerprint density at radius 2 is 1.34 bits per heavy atom. The maximum absolute atomic E-state index is 13.7. The zero-order valence-electron chi connectivity index (χ0n) is 15.2. The minimum absolute atomic E-state index is 0.143. The van der Waals surface area contributed by atoms with E-state index >= 15 is 0 Å². The van der Waals surface area contributed by atoms with Crippen molar-refractivity contribution in [3.8, 4) is 0 Å². The van der Waals surface area contributed by atoms with Gasteiger partial charge in [-0.3, -0.25) is 9.59 Å². The molecule has 0 unspecified atom stereocenters. The molecule has 3 aromatic carbocycles. The Bertz CT molecular complexity index is 1180. The van der Waals surface area contributed by atoms with Crippen molar-refractivity contribution < 1.29 is 9.59 Å². The van der Waals surface area contributed by atoms with Crippen molar-refractivity contribution in [3.63, 3.8) is 0 Å². The fraction of sp³-hybridized carbons (Fsp3) is 0.167. The van der Waals surface area contributed by atoms with Gasteiger partial charge >= 0.3 is 0 Å². The van der Waals surface area contributed by atoms with Crippen molar-refractivity contribution in [2.45, 2.75) is 10.2 Å². The highest BCUT2D eigenvalue weighted by atomic mass is 79.9. The van der Waals surface area contributed by atoms with E-state index in [9.17, 15) is 9.59 Å². The summed E-state index contributed by atoms with van der Waals surface area (Å²) < 4.78 is -0.734. The number of anilines is 1. The zero-order chi connectivity index (χ0) is 19.9. The van der Waals surface area contributed by atoms with Crippen LogP contribution in [0.3, 0.4) is 0 Å². The summed E-state index contributed by atoms with van der Waals surface area (Å²) in [6.45, 7) is 0. The van der Waals surface area contributed by atoms with E-state index in [1.54, 1.807) is 24.3 Å². The molecule has 0 N–H and O–H groups in total. The molecule has 1 aliphatic heterocycles. The van der Waals surface area contributed by atoms with Gasteiger partial charge in [0.05, 0.1) is 26.9 Å². The molecule has 5 heteroatoms. The first-order chi connectivity index (χ1) is 14.0. The molecular formula is C24H15BrClNO2. The zero-order valence-corrected chi connectivity index (χ0v) is 17.5. The maximum Gasteiger partial charge on any atom is 0.239 e. The van der Waals surface area contributed by atoms with Crippen molar-refractivity contribution in [2.75, 3.05) is 4.90 Å². The molecule has 2 amide bonds. The Balaban J connectivity index is 1.64. The molecule has 142 valence electrons. The standard InChI is InChI=1S/C24H15BrClNO2/c25-24-15-9-3-1-7-13(15)19(14-8-2-4-10-16(14)24)20-21(24)23(29)27(22(20)28)18-12-6-5-11-17(18)26/h1-12,19-21H/t19?,20-,21+,24?/m0/s1. The lowest BCUT2D eigenvalue weighted by Gasteiger charge is -2.51. The van der Waals surface area contributed by atoms with Crippen LogP contribution in [0.2, 0.25) is 5.02 Å². The lowest BCUT2D eigenvalue weighted by molar-refractivity contribution is -0.122. The third-order valence-electron chi connectivity index (χ3n) is 6.61. The van der Waals surface area contributed by atoms with Gasteiger partial charge in [-0.2, -0.15) is 0 Å². The number of nitrogens with zero attached hydrogens (tertiary/aromatic N) is 1. The van der Waals surface area contributed by atoms with Crippen LogP contribution in [0.25, 0.3) is 0 Å². The summed E-state index contributed by atoms with van der Waals surface area (Å²) in [5, 5.41) is 0.402. The number of alkyl halides is 1. The molecule has 1 heterocycles. The van der Waals surface area contributed by atoms with Gasteiger partial charge in [-0.15, -0.1) is 0 Å². The molecule has 0 radical (unpaired) electrons. The average molecular weight is 465 g/mol. The largest absolute Gasteiger partial charge is 0.274 e. The van der Waals surface area contributed by atoms with Crippen LogP contribution in [-0.4, -0.2) is 11.8 Å². The van der Waals surface area contributed by atoms with E-state index in [-0.39, 0.29) is 17.7 Å². The van der Waals surface area contributed by atoms with Gasteiger partial charge in [0, 0.05) is 5.92 Å². The molecule has 3 aromatic rings.